The van der Waals surface area contributed by atoms with E-state index in [0.717, 1.165) is 43.3 Å². The molecule has 140 valence electrons. The number of carbonyl (C=O) groups excluding carboxylic acids is 1. The van der Waals surface area contributed by atoms with Crippen LogP contribution in [0.15, 0.2) is 24.3 Å². The van der Waals surface area contributed by atoms with Gasteiger partial charge in [0.2, 0.25) is 5.91 Å². The van der Waals surface area contributed by atoms with E-state index in [9.17, 15) is 4.79 Å². The quantitative estimate of drug-likeness (QED) is 0.681. The zero-order chi connectivity index (χ0) is 17.9. The van der Waals surface area contributed by atoms with Crippen LogP contribution in [-0.2, 0) is 22.7 Å². The Morgan fingerprint density at radius 2 is 1.88 bits per heavy atom. The molecule has 1 fully saturated rings. The van der Waals surface area contributed by atoms with Crippen LogP contribution in [0, 0.1) is 5.92 Å². The van der Waals surface area contributed by atoms with Gasteiger partial charge in [0.25, 0.3) is 0 Å². The maximum Gasteiger partial charge on any atom is 0.234 e. The summed E-state index contributed by atoms with van der Waals surface area (Å²) in [5.74, 6) is 0.925. The molecule has 0 radical (unpaired) electrons. The molecule has 1 aliphatic rings. The van der Waals surface area contributed by atoms with Crippen LogP contribution in [0.3, 0.4) is 0 Å². The molecule has 1 heterocycles. The lowest BCUT2D eigenvalue weighted by molar-refractivity contribution is -0.122. The monoisotopic (exact) mass is 347 g/mol. The average Bonchev–Trinajstić information content (AvgIpc) is 2.65. The van der Waals surface area contributed by atoms with Crippen LogP contribution in [0.25, 0.3) is 0 Å². The molecule has 2 rings (SSSR count). The van der Waals surface area contributed by atoms with Crippen molar-refractivity contribution in [3.63, 3.8) is 0 Å². The number of hydrogen-bond donors (Lipinski definition) is 2. The summed E-state index contributed by atoms with van der Waals surface area (Å²) in [6, 6.07) is 8.24. The number of carbonyl (C=O) groups is 1. The summed E-state index contributed by atoms with van der Waals surface area (Å²) in [5, 5.41) is 6.25. The van der Waals surface area contributed by atoms with Gasteiger partial charge in [-0.15, -0.1) is 0 Å². The zero-order valence-electron chi connectivity index (χ0n) is 15.7. The molecule has 1 aromatic rings. The summed E-state index contributed by atoms with van der Waals surface area (Å²) in [6.07, 6.45) is 3.66. The minimum absolute atomic E-state index is 0.118. The minimum Gasteiger partial charge on any atom is -0.377 e. The molecular formula is C20H33N3O2. The van der Waals surface area contributed by atoms with E-state index in [2.05, 4.69) is 39.8 Å². The highest BCUT2D eigenvalue weighted by Crippen LogP contribution is 2.19. The molecule has 0 atom stereocenters. The Morgan fingerprint density at radius 1 is 1.20 bits per heavy atom. The predicted molar refractivity (Wildman–Crippen MR) is 101 cm³/mol. The van der Waals surface area contributed by atoms with Crippen LogP contribution in [0.5, 0.6) is 0 Å². The first-order valence-corrected chi connectivity index (χ1v) is 9.50. The van der Waals surface area contributed by atoms with Crippen molar-refractivity contribution in [3.05, 3.63) is 35.4 Å². The topological polar surface area (TPSA) is 53.6 Å². The number of likely N-dealkylation sites (tertiary alicyclic amines) is 1. The number of hydrogen-bond acceptors (Lipinski definition) is 4. The Bertz CT molecular complexity index is 496. The van der Waals surface area contributed by atoms with Crippen molar-refractivity contribution >= 4 is 5.91 Å². The maximum atomic E-state index is 12.2. The van der Waals surface area contributed by atoms with Gasteiger partial charge < -0.3 is 15.4 Å². The van der Waals surface area contributed by atoms with Crippen molar-refractivity contribution in [2.75, 3.05) is 39.8 Å². The Kier molecular flexibility index (Phi) is 8.94. The van der Waals surface area contributed by atoms with Gasteiger partial charge in [-0.25, -0.2) is 0 Å². The van der Waals surface area contributed by atoms with Crippen LogP contribution < -0.4 is 10.6 Å². The molecule has 25 heavy (non-hydrogen) atoms. The van der Waals surface area contributed by atoms with Gasteiger partial charge in [0.1, 0.15) is 0 Å². The fraction of sp³-hybridized carbons (Fsp3) is 0.650. The lowest BCUT2D eigenvalue weighted by atomic mass is 9.93. The average molecular weight is 348 g/mol. The van der Waals surface area contributed by atoms with Crippen molar-refractivity contribution in [3.8, 4) is 0 Å². The summed E-state index contributed by atoms with van der Waals surface area (Å²) in [7, 11) is 2.01. The van der Waals surface area contributed by atoms with Crippen molar-refractivity contribution in [2.24, 2.45) is 5.92 Å². The van der Waals surface area contributed by atoms with E-state index < -0.39 is 0 Å². The third-order valence-corrected chi connectivity index (χ3v) is 4.86. The molecule has 0 bridgehead atoms. The van der Waals surface area contributed by atoms with E-state index in [4.69, 9.17) is 4.74 Å². The van der Waals surface area contributed by atoms with Crippen LogP contribution in [0.2, 0.25) is 0 Å². The second kappa shape index (κ2) is 11.2. The molecule has 0 spiro atoms. The van der Waals surface area contributed by atoms with E-state index in [0.29, 0.717) is 19.7 Å². The number of benzene rings is 1. The largest absolute Gasteiger partial charge is 0.377 e. The summed E-state index contributed by atoms with van der Waals surface area (Å²) in [6.45, 7) is 7.64. The maximum absolute atomic E-state index is 12.2. The molecule has 0 aromatic heterocycles. The second-order valence-corrected chi connectivity index (χ2v) is 6.84. The first-order valence-electron chi connectivity index (χ1n) is 9.50. The normalized spacial score (nSPS) is 16.1. The molecule has 1 saturated heterocycles. The summed E-state index contributed by atoms with van der Waals surface area (Å²) in [5.41, 5.74) is 2.29. The van der Waals surface area contributed by atoms with Gasteiger partial charge in [0, 0.05) is 13.2 Å². The van der Waals surface area contributed by atoms with Gasteiger partial charge in [0.05, 0.1) is 13.2 Å². The van der Waals surface area contributed by atoms with E-state index in [-0.39, 0.29) is 5.91 Å². The molecule has 0 unspecified atom stereocenters. The lowest BCUT2D eigenvalue weighted by Gasteiger charge is -2.31. The molecule has 0 saturated carbocycles. The van der Waals surface area contributed by atoms with Gasteiger partial charge in [-0.05, 0) is 69.9 Å². The third-order valence-electron chi connectivity index (χ3n) is 4.86. The smallest absolute Gasteiger partial charge is 0.234 e. The number of ether oxygens (including phenoxy) is 1. The summed E-state index contributed by atoms with van der Waals surface area (Å²) in [4.78, 5) is 14.4. The van der Waals surface area contributed by atoms with E-state index in [1.807, 2.05) is 14.0 Å². The van der Waals surface area contributed by atoms with E-state index in [1.165, 1.54) is 19.3 Å². The van der Waals surface area contributed by atoms with Crippen LogP contribution in [0.4, 0.5) is 0 Å². The number of nitrogens with zero attached hydrogens (tertiary/aromatic N) is 1. The van der Waals surface area contributed by atoms with Gasteiger partial charge in [-0.2, -0.15) is 0 Å². The number of piperidine rings is 1. The fourth-order valence-electron chi connectivity index (χ4n) is 3.21. The standard InChI is InChI=1S/C20H33N3O2/c1-3-25-16-19-6-4-18(5-7-19)14-22-20(24)15-23-12-9-17(10-13-23)8-11-21-2/h4-7,17,21H,3,8-16H2,1-2H3,(H,22,24). The highest BCUT2D eigenvalue weighted by Gasteiger charge is 2.20. The van der Waals surface area contributed by atoms with Crippen LogP contribution in [0.1, 0.15) is 37.3 Å². The van der Waals surface area contributed by atoms with Crippen LogP contribution >= 0.6 is 0 Å². The van der Waals surface area contributed by atoms with Crippen molar-refractivity contribution in [2.45, 2.75) is 39.3 Å². The zero-order valence-corrected chi connectivity index (χ0v) is 15.7. The molecule has 1 amide bonds. The number of nitrogens with one attached hydrogen (secondary N) is 2. The molecular weight excluding hydrogens is 314 g/mol. The first-order chi connectivity index (χ1) is 12.2. The Morgan fingerprint density at radius 3 is 2.52 bits per heavy atom. The van der Waals surface area contributed by atoms with Gasteiger partial charge in [-0.3, -0.25) is 9.69 Å². The molecule has 5 heteroatoms. The summed E-state index contributed by atoms with van der Waals surface area (Å²) >= 11 is 0. The van der Waals surface area contributed by atoms with Crippen molar-refractivity contribution < 1.29 is 9.53 Å². The van der Waals surface area contributed by atoms with Gasteiger partial charge >= 0.3 is 0 Å². The molecule has 1 aliphatic heterocycles. The Labute approximate surface area is 152 Å². The highest BCUT2D eigenvalue weighted by molar-refractivity contribution is 5.78. The highest BCUT2D eigenvalue weighted by atomic mass is 16.5. The molecule has 1 aromatic carbocycles. The van der Waals surface area contributed by atoms with Crippen molar-refractivity contribution in [1.29, 1.82) is 0 Å². The van der Waals surface area contributed by atoms with Crippen LogP contribution in [-0.4, -0.2) is 50.6 Å². The van der Waals surface area contributed by atoms with Crippen molar-refractivity contribution in [1.82, 2.24) is 15.5 Å². The molecule has 5 nitrogen and oxygen atoms in total. The number of rotatable bonds is 10. The number of amides is 1. The Hall–Kier alpha value is -1.43. The van der Waals surface area contributed by atoms with E-state index >= 15 is 0 Å². The lowest BCUT2D eigenvalue weighted by Crippen LogP contribution is -2.41. The third kappa shape index (κ3) is 7.55. The van der Waals surface area contributed by atoms with Gasteiger partial charge in [0.15, 0.2) is 0 Å². The van der Waals surface area contributed by atoms with E-state index in [1.54, 1.807) is 0 Å². The fourth-order valence-corrected chi connectivity index (χ4v) is 3.21. The minimum atomic E-state index is 0.118. The first kappa shape index (κ1) is 19.9. The summed E-state index contributed by atoms with van der Waals surface area (Å²) < 4.78 is 5.39. The molecule has 0 aliphatic carbocycles. The van der Waals surface area contributed by atoms with Gasteiger partial charge in [-0.1, -0.05) is 24.3 Å². The second-order valence-electron chi connectivity index (χ2n) is 6.84. The Balaban J connectivity index is 1.64. The SMILES string of the molecule is CCOCc1ccc(CNC(=O)CN2CCC(CCNC)CC2)cc1. The molecule has 2 N–H and O–H groups in total. The predicted octanol–water partition coefficient (Wildman–Crippen LogP) is 2.16.